The van der Waals surface area contributed by atoms with Crippen molar-refractivity contribution in [1.82, 2.24) is 15.0 Å². The van der Waals surface area contributed by atoms with Crippen LogP contribution in [0.3, 0.4) is 0 Å². The van der Waals surface area contributed by atoms with Gasteiger partial charge in [0, 0.05) is 24.3 Å². The monoisotopic (exact) mass is 363 g/mol. The van der Waals surface area contributed by atoms with Crippen LogP contribution in [-0.2, 0) is 11.3 Å². The minimum absolute atomic E-state index is 0.139. The predicted molar refractivity (Wildman–Crippen MR) is 104 cm³/mol. The van der Waals surface area contributed by atoms with Crippen molar-refractivity contribution in [1.29, 1.82) is 0 Å². The number of thiophene rings is 1. The molecule has 0 spiro atoms. The van der Waals surface area contributed by atoms with Crippen molar-refractivity contribution in [3.63, 3.8) is 0 Å². The van der Waals surface area contributed by atoms with Gasteiger partial charge in [-0.15, -0.1) is 11.3 Å². The molecule has 5 nitrogen and oxygen atoms in total. The summed E-state index contributed by atoms with van der Waals surface area (Å²) in [5, 5.41) is 1.99. The third-order valence-corrected chi connectivity index (χ3v) is 5.26. The number of methoxy groups -OCH3 is 1. The Morgan fingerprint density at radius 2 is 2.12 bits per heavy atom. The lowest BCUT2D eigenvalue weighted by atomic mass is 10.0. The van der Waals surface area contributed by atoms with Crippen molar-refractivity contribution in [3.8, 4) is 22.6 Å². The van der Waals surface area contributed by atoms with Gasteiger partial charge in [-0.3, -0.25) is 9.78 Å². The highest BCUT2D eigenvalue weighted by atomic mass is 32.1. The van der Waals surface area contributed by atoms with E-state index in [4.69, 9.17) is 9.72 Å². The summed E-state index contributed by atoms with van der Waals surface area (Å²) in [7, 11) is 1.69. The van der Waals surface area contributed by atoms with Crippen molar-refractivity contribution in [3.05, 3.63) is 69.5 Å². The maximum absolute atomic E-state index is 12.5. The van der Waals surface area contributed by atoms with Gasteiger partial charge in [-0.25, -0.2) is 4.98 Å². The molecule has 1 aromatic carbocycles. The third-order valence-electron chi connectivity index (χ3n) is 4.29. The van der Waals surface area contributed by atoms with E-state index in [2.05, 4.69) is 29.0 Å². The molecule has 0 bridgehead atoms. The van der Waals surface area contributed by atoms with Gasteiger partial charge in [0.25, 0.3) is 5.56 Å². The van der Waals surface area contributed by atoms with Gasteiger partial charge < -0.3 is 9.72 Å². The number of hydrogen-bond acceptors (Lipinski definition) is 5. The SMILES string of the molecule is COCc1ccc(-c2csc3c(=O)[nH]c(-c4ccccn4)nc23)cc1C. The number of pyridine rings is 1. The zero-order valence-corrected chi connectivity index (χ0v) is 15.3. The molecule has 0 saturated heterocycles. The van der Waals surface area contributed by atoms with Crippen molar-refractivity contribution >= 4 is 21.6 Å². The molecule has 0 aliphatic rings. The largest absolute Gasteiger partial charge is 0.380 e. The number of fused-ring (bicyclic) bond motifs is 1. The highest BCUT2D eigenvalue weighted by Gasteiger charge is 2.14. The van der Waals surface area contributed by atoms with Crippen LogP contribution in [0, 0.1) is 6.92 Å². The zero-order valence-electron chi connectivity index (χ0n) is 14.4. The number of H-pyrrole nitrogens is 1. The molecule has 4 rings (SSSR count). The minimum atomic E-state index is -0.139. The van der Waals surface area contributed by atoms with Crippen LogP contribution in [-0.4, -0.2) is 22.1 Å². The summed E-state index contributed by atoms with van der Waals surface area (Å²) in [6.07, 6.45) is 1.69. The van der Waals surface area contributed by atoms with Gasteiger partial charge in [0.05, 0.1) is 12.1 Å². The molecule has 0 unspecified atom stereocenters. The second-order valence-corrected chi connectivity index (χ2v) is 6.91. The van der Waals surface area contributed by atoms with E-state index in [1.807, 2.05) is 29.6 Å². The lowest BCUT2D eigenvalue weighted by Gasteiger charge is -2.08. The molecule has 0 aliphatic carbocycles. The molecular weight excluding hydrogens is 346 g/mol. The lowest BCUT2D eigenvalue weighted by Crippen LogP contribution is -2.08. The van der Waals surface area contributed by atoms with Crippen LogP contribution in [0.5, 0.6) is 0 Å². The Morgan fingerprint density at radius 3 is 2.85 bits per heavy atom. The standard InChI is InChI=1S/C20H17N3O2S/c1-12-9-13(6-7-14(12)10-25-2)15-11-26-18-17(15)22-19(23-20(18)24)16-5-3-4-8-21-16/h3-9,11H,10H2,1-2H3,(H,22,23,24). The number of aryl methyl sites for hydroxylation is 1. The van der Waals surface area contributed by atoms with Crippen molar-refractivity contribution in [2.45, 2.75) is 13.5 Å². The average molecular weight is 363 g/mol. The molecule has 26 heavy (non-hydrogen) atoms. The molecule has 130 valence electrons. The van der Waals surface area contributed by atoms with Gasteiger partial charge in [-0.1, -0.05) is 24.3 Å². The first-order valence-corrected chi connectivity index (χ1v) is 9.07. The second-order valence-electron chi connectivity index (χ2n) is 6.03. The molecule has 0 saturated carbocycles. The topological polar surface area (TPSA) is 67.9 Å². The molecule has 3 heterocycles. The molecule has 0 fully saturated rings. The summed E-state index contributed by atoms with van der Waals surface area (Å²) < 4.78 is 5.85. The summed E-state index contributed by atoms with van der Waals surface area (Å²) >= 11 is 1.41. The Balaban J connectivity index is 1.88. The first-order chi connectivity index (χ1) is 12.7. The van der Waals surface area contributed by atoms with Gasteiger partial charge >= 0.3 is 0 Å². The summed E-state index contributed by atoms with van der Waals surface area (Å²) in [4.78, 5) is 24.3. The third kappa shape index (κ3) is 2.94. The fraction of sp³-hybridized carbons (Fsp3) is 0.150. The molecule has 0 atom stereocenters. The van der Waals surface area contributed by atoms with Gasteiger partial charge in [-0.2, -0.15) is 0 Å². The number of benzene rings is 1. The van der Waals surface area contributed by atoms with Crippen LogP contribution in [0.2, 0.25) is 0 Å². The zero-order chi connectivity index (χ0) is 18.1. The molecule has 4 aromatic rings. The van der Waals surface area contributed by atoms with E-state index in [9.17, 15) is 4.79 Å². The molecule has 1 N–H and O–H groups in total. The van der Waals surface area contributed by atoms with Crippen LogP contribution < -0.4 is 5.56 Å². The predicted octanol–water partition coefficient (Wildman–Crippen LogP) is 4.17. The first kappa shape index (κ1) is 16.6. The van der Waals surface area contributed by atoms with Crippen molar-refractivity contribution in [2.24, 2.45) is 0 Å². The maximum Gasteiger partial charge on any atom is 0.269 e. The number of nitrogens with one attached hydrogen (secondary N) is 1. The second kappa shape index (κ2) is 6.82. The average Bonchev–Trinajstić information content (AvgIpc) is 3.09. The van der Waals surface area contributed by atoms with Crippen molar-refractivity contribution < 1.29 is 4.74 Å². The molecule has 0 amide bonds. The van der Waals surface area contributed by atoms with Gasteiger partial charge in [-0.05, 0) is 35.7 Å². The number of ether oxygens (including phenoxy) is 1. The van der Waals surface area contributed by atoms with Crippen LogP contribution >= 0.6 is 11.3 Å². The number of nitrogens with zero attached hydrogens (tertiary/aromatic N) is 2. The van der Waals surface area contributed by atoms with E-state index in [0.717, 1.165) is 22.3 Å². The Bertz CT molecular complexity index is 1130. The Labute approximate surface area is 154 Å². The smallest absolute Gasteiger partial charge is 0.269 e. The van der Waals surface area contributed by atoms with E-state index in [0.29, 0.717) is 28.3 Å². The molecule has 0 aliphatic heterocycles. The molecule has 6 heteroatoms. The van der Waals surface area contributed by atoms with Gasteiger partial charge in [0.15, 0.2) is 5.82 Å². The normalized spacial score (nSPS) is 11.2. The highest BCUT2D eigenvalue weighted by Crippen LogP contribution is 2.32. The number of aromatic amines is 1. The molecule has 0 radical (unpaired) electrons. The van der Waals surface area contributed by atoms with Crippen molar-refractivity contribution in [2.75, 3.05) is 7.11 Å². The van der Waals surface area contributed by atoms with Crippen LogP contribution in [0.25, 0.3) is 32.9 Å². The van der Waals surface area contributed by atoms with Crippen LogP contribution in [0.15, 0.2) is 52.8 Å². The maximum atomic E-state index is 12.5. The highest BCUT2D eigenvalue weighted by molar-refractivity contribution is 7.17. The van der Waals surface area contributed by atoms with E-state index >= 15 is 0 Å². The fourth-order valence-electron chi connectivity index (χ4n) is 2.94. The summed E-state index contributed by atoms with van der Waals surface area (Å²) in [5.41, 5.74) is 5.52. The quantitative estimate of drug-likeness (QED) is 0.591. The lowest BCUT2D eigenvalue weighted by molar-refractivity contribution is 0.184. The summed E-state index contributed by atoms with van der Waals surface area (Å²) in [5.74, 6) is 0.482. The van der Waals surface area contributed by atoms with Crippen LogP contribution in [0.1, 0.15) is 11.1 Å². The number of aromatic nitrogens is 3. The van der Waals surface area contributed by atoms with Gasteiger partial charge in [0.1, 0.15) is 10.4 Å². The number of rotatable bonds is 4. The number of hydrogen-bond donors (Lipinski definition) is 1. The molecular formula is C20H17N3O2S. The Hall–Kier alpha value is -2.83. The summed E-state index contributed by atoms with van der Waals surface area (Å²) in [6.45, 7) is 2.64. The minimum Gasteiger partial charge on any atom is -0.380 e. The Kier molecular flexibility index (Phi) is 4.36. The Morgan fingerprint density at radius 1 is 1.23 bits per heavy atom. The van der Waals surface area contributed by atoms with E-state index in [1.54, 1.807) is 13.3 Å². The fourth-order valence-corrected chi connectivity index (χ4v) is 3.85. The summed E-state index contributed by atoms with van der Waals surface area (Å²) in [6, 6.07) is 11.8. The van der Waals surface area contributed by atoms with Gasteiger partial charge in [0.2, 0.25) is 0 Å². The molecule has 3 aromatic heterocycles. The van der Waals surface area contributed by atoms with E-state index in [-0.39, 0.29) is 5.56 Å². The first-order valence-electron chi connectivity index (χ1n) is 8.19. The van der Waals surface area contributed by atoms with E-state index < -0.39 is 0 Å². The van der Waals surface area contributed by atoms with Crippen LogP contribution in [0.4, 0.5) is 0 Å². The van der Waals surface area contributed by atoms with E-state index in [1.165, 1.54) is 11.3 Å².